The second kappa shape index (κ2) is 7.47. The van der Waals surface area contributed by atoms with E-state index in [1.165, 1.54) is 45.1 Å². The Hall–Kier alpha value is -0.680. The van der Waals surface area contributed by atoms with Gasteiger partial charge in [0.2, 0.25) is 0 Å². The molecule has 0 spiro atoms. The second-order valence-corrected chi connectivity index (χ2v) is 8.30. The van der Waals surface area contributed by atoms with Crippen LogP contribution in [-0.4, -0.2) is 37.3 Å². The first-order chi connectivity index (χ1) is 11.4. The number of nitrogens with one attached hydrogen (secondary N) is 3. The van der Waals surface area contributed by atoms with Crippen molar-refractivity contribution in [3.8, 4) is 0 Å². The van der Waals surface area contributed by atoms with E-state index in [1.807, 2.05) is 11.3 Å². The van der Waals surface area contributed by atoms with Crippen molar-refractivity contribution in [3.05, 3.63) is 34.5 Å². The molecule has 0 bridgehead atoms. The van der Waals surface area contributed by atoms with E-state index in [-0.39, 0.29) is 0 Å². The number of hydrogen-bond donors (Lipinski definition) is 3. The quantitative estimate of drug-likeness (QED) is 0.745. The molecule has 3 aliphatic rings. The van der Waals surface area contributed by atoms with E-state index in [0.29, 0.717) is 30.1 Å². The summed E-state index contributed by atoms with van der Waals surface area (Å²) in [5.41, 5.74) is 0. The molecule has 4 heteroatoms. The summed E-state index contributed by atoms with van der Waals surface area (Å²) in [4.78, 5) is 1.58. The van der Waals surface area contributed by atoms with Crippen molar-refractivity contribution in [1.82, 2.24) is 16.0 Å². The van der Waals surface area contributed by atoms with E-state index < -0.39 is 0 Å². The highest BCUT2D eigenvalue weighted by Gasteiger charge is 2.36. The summed E-state index contributed by atoms with van der Waals surface area (Å²) < 4.78 is 0. The van der Waals surface area contributed by atoms with Crippen LogP contribution in [-0.2, 0) is 0 Å². The average Bonchev–Trinajstić information content (AvgIpc) is 3.18. The van der Waals surface area contributed by atoms with Gasteiger partial charge in [-0.05, 0) is 62.6 Å². The maximum Gasteiger partial charge on any atom is 0.0405 e. The molecule has 3 nitrogen and oxygen atoms in total. The lowest BCUT2D eigenvalue weighted by Crippen LogP contribution is -2.60. The van der Waals surface area contributed by atoms with Crippen molar-refractivity contribution in [2.45, 2.75) is 68.6 Å². The van der Waals surface area contributed by atoms with Gasteiger partial charge in [-0.1, -0.05) is 24.6 Å². The third-order valence-corrected chi connectivity index (χ3v) is 6.79. The van der Waals surface area contributed by atoms with Gasteiger partial charge in [-0.3, -0.25) is 0 Å². The van der Waals surface area contributed by atoms with Crippen molar-refractivity contribution in [3.63, 3.8) is 0 Å². The van der Waals surface area contributed by atoms with Crippen LogP contribution in [0.5, 0.6) is 0 Å². The molecule has 0 amide bonds. The van der Waals surface area contributed by atoms with Gasteiger partial charge in [-0.2, -0.15) is 0 Å². The second-order valence-electron chi connectivity index (χ2n) is 7.32. The summed E-state index contributed by atoms with van der Waals surface area (Å²) in [6.45, 7) is 2.31. The summed E-state index contributed by atoms with van der Waals surface area (Å²) in [6.07, 6.45) is 12.5. The van der Waals surface area contributed by atoms with Crippen LogP contribution in [0.1, 0.15) is 49.3 Å². The lowest BCUT2D eigenvalue weighted by atomic mass is 9.80. The molecule has 3 aliphatic heterocycles. The van der Waals surface area contributed by atoms with Crippen molar-refractivity contribution in [1.29, 1.82) is 0 Å². The molecule has 2 fully saturated rings. The number of piperidine rings is 2. The number of thiophene rings is 1. The summed E-state index contributed by atoms with van der Waals surface area (Å²) in [6, 6.07) is 6.87. The Morgan fingerprint density at radius 1 is 1.00 bits per heavy atom. The molecular formula is C19H29N3S. The zero-order chi connectivity index (χ0) is 15.5. The highest BCUT2D eigenvalue weighted by atomic mass is 32.1. The van der Waals surface area contributed by atoms with E-state index in [2.05, 4.69) is 45.6 Å². The molecule has 4 heterocycles. The maximum atomic E-state index is 4.01. The molecule has 3 N–H and O–H groups in total. The largest absolute Gasteiger partial charge is 0.312 e. The first-order valence-corrected chi connectivity index (χ1v) is 10.2. The fourth-order valence-corrected chi connectivity index (χ4v) is 5.41. The zero-order valence-corrected chi connectivity index (χ0v) is 14.7. The minimum Gasteiger partial charge on any atom is -0.312 e. The lowest BCUT2D eigenvalue weighted by molar-refractivity contribution is 0.202. The molecular weight excluding hydrogens is 302 g/mol. The molecule has 0 radical (unpaired) electrons. The monoisotopic (exact) mass is 331 g/mol. The van der Waals surface area contributed by atoms with Gasteiger partial charge in [0.1, 0.15) is 0 Å². The fourth-order valence-electron chi connectivity index (χ4n) is 4.55. The van der Waals surface area contributed by atoms with E-state index in [1.54, 1.807) is 4.88 Å². The van der Waals surface area contributed by atoms with Crippen molar-refractivity contribution in [2.24, 2.45) is 0 Å². The summed E-state index contributed by atoms with van der Waals surface area (Å²) in [5, 5.41) is 13.7. The molecule has 5 unspecified atom stereocenters. The Balaban J connectivity index is 1.51. The third-order valence-electron chi connectivity index (χ3n) is 5.75. The Morgan fingerprint density at radius 2 is 1.96 bits per heavy atom. The van der Waals surface area contributed by atoms with Gasteiger partial charge in [0.25, 0.3) is 0 Å². The predicted octanol–water partition coefficient (Wildman–Crippen LogP) is 3.01. The van der Waals surface area contributed by atoms with Gasteiger partial charge < -0.3 is 16.0 Å². The van der Waals surface area contributed by atoms with Crippen LogP contribution in [0.3, 0.4) is 0 Å². The molecule has 4 rings (SSSR count). The molecule has 5 atom stereocenters. The predicted molar refractivity (Wildman–Crippen MR) is 98.2 cm³/mol. The van der Waals surface area contributed by atoms with Crippen LogP contribution >= 0.6 is 11.3 Å². The standard InChI is InChI=1S/C19H29N3S/c1-3-9-20-15(6-1)17-12-14(19-8-5-11-23-19)13-18(22-17)16-7-2-4-10-21-16/h1,5-6,8,11,14-18,20-22H,2-4,7,9-10,12-13H2. The normalized spacial score (nSPS) is 38.5. The number of hydrogen-bond acceptors (Lipinski definition) is 4. The highest BCUT2D eigenvalue weighted by molar-refractivity contribution is 7.10. The molecule has 0 saturated carbocycles. The summed E-state index contributed by atoms with van der Waals surface area (Å²) in [5.74, 6) is 0.715. The summed E-state index contributed by atoms with van der Waals surface area (Å²) in [7, 11) is 0. The first-order valence-electron chi connectivity index (χ1n) is 9.33. The van der Waals surface area contributed by atoms with Crippen LogP contribution in [0.15, 0.2) is 29.7 Å². The van der Waals surface area contributed by atoms with Gasteiger partial charge in [-0.15, -0.1) is 11.3 Å². The Labute approximate surface area is 143 Å². The van der Waals surface area contributed by atoms with Gasteiger partial charge in [0.05, 0.1) is 0 Å². The molecule has 1 aromatic heterocycles. The smallest absolute Gasteiger partial charge is 0.0405 e. The van der Waals surface area contributed by atoms with Gasteiger partial charge >= 0.3 is 0 Å². The molecule has 1 aromatic rings. The lowest BCUT2D eigenvalue weighted by Gasteiger charge is -2.44. The first kappa shape index (κ1) is 15.8. The molecule has 23 heavy (non-hydrogen) atoms. The fraction of sp³-hybridized carbons (Fsp3) is 0.684. The van der Waals surface area contributed by atoms with Gasteiger partial charge in [0.15, 0.2) is 0 Å². The van der Waals surface area contributed by atoms with E-state index in [9.17, 15) is 0 Å². The molecule has 126 valence electrons. The number of rotatable bonds is 3. The van der Waals surface area contributed by atoms with Crippen molar-refractivity contribution >= 4 is 11.3 Å². The zero-order valence-electron chi connectivity index (χ0n) is 13.8. The van der Waals surface area contributed by atoms with E-state index >= 15 is 0 Å². The van der Waals surface area contributed by atoms with Crippen LogP contribution in [0.4, 0.5) is 0 Å². The summed E-state index contributed by atoms with van der Waals surface area (Å²) >= 11 is 1.94. The van der Waals surface area contributed by atoms with Gasteiger partial charge in [0, 0.05) is 29.0 Å². The van der Waals surface area contributed by atoms with E-state index in [4.69, 9.17) is 0 Å². The van der Waals surface area contributed by atoms with Gasteiger partial charge in [-0.25, -0.2) is 0 Å². The highest BCUT2D eigenvalue weighted by Crippen LogP contribution is 2.36. The average molecular weight is 332 g/mol. The molecule has 2 saturated heterocycles. The minimum atomic E-state index is 0.498. The van der Waals surface area contributed by atoms with E-state index in [0.717, 1.165) is 6.54 Å². The Morgan fingerprint density at radius 3 is 2.70 bits per heavy atom. The van der Waals surface area contributed by atoms with Crippen LogP contribution in [0, 0.1) is 0 Å². The van der Waals surface area contributed by atoms with Crippen LogP contribution < -0.4 is 16.0 Å². The van der Waals surface area contributed by atoms with Crippen molar-refractivity contribution < 1.29 is 0 Å². The molecule has 0 aliphatic carbocycles. The molecule has 0 aromatic carbocycles. The topological polar surface area (TPSA) is 36.1 Å². The SMILES string of the molecule is C1=CC(C2CC(c3cccs3)CC(C3CCCCN3)N2)NCC1. The van der Waals surface area contributed by atoms with Crippen LogP contribution in [0.25, 0.3) is 0 Å². The minimum absolute atomic E-state index is 0.498. The van der Waals surface area contributed by atoms with Crippen LogP contribution in [0.2, 0.25) is 0 Å². The Bertz CT molecular complexity index is 507. The Kier molecular flexibility index (Phi) is 5.14. The third kappa shape index (κ3) is 3.71. The maximum absolute atomic E-state index is 4.01. The van der Waals surface area contributed by atoms with Crippen molar-refractivity contribution in [2.75, 3.05) is 13.1 Å².